The molecular formula is C16H18FN3O2. The van der Waals surface area contributed by atoms with E-state index in [0.29, 0.717) is 24.6 Å². The Balaban J connectivity index is 1.92. The molecule has 1 N–H and O–H groups in total. The van der Waals surface area contributed by atoms with Crippen molar-refractivity contribution in [2.45, 2.75) is 6.92 Å². The number of pyridine rings is 1. The topological polar surface area (TPSA) is 54.5 Å². The SMILES string of the molecule is CC(=O)N(C)CCNc1cncc(Oc2ccc(F)cc2)c1. The molecule has 5 nitrogen and oxygen atoms in total. The van der Waals surface area contributed by atoms with E-state index in [1.54, 1.807) is 42.5 Å². The average molecular weight is 303 g/mol. The van der Waals surface area contributed by atoms with Crippen molar-refractivity contribution in [2.24, 2.45) is 0 Å². The van der Waals surface area contributed by atoms with Gasteiger partial charge in [0.15, 0.2) is 0 Å². The zero-order chi connectivity index (χ0) is 15.9. The van der Waals surface area contributed by atoms with Crippen LogP contribution in [0.4, 0.5) is 10.1 Å². The van der Waals surface area contributed by atoms with Gasteiger partial charge in [-0.05, 0) is 24.3 Å². The number of carbonyl (C=O) groups excluding carboxylic acids is 1. The molecule has 0 fully saturated rings. The Morgan fingerprint density at radius 2 is 2.00 bits per heavy atom. The van der Waals surface area contributed by atoms with Gasteiger partial charge in [0.05, 0.1) is 18.1 Å². The largest absolute Gasteiger partial charge is 0.456 e. The molecule has 2 aromatic rings. The van der Waals surface area contributed by atoms with Gasteiger partial charge in [0.2, 0.25) is 5.91 Å². The highest BCUT2D eigenvalue weighted by Gasteiger charge is 2.03. The molecule has 1 amide bonds. The van der Waals surface area contributed by atoms with Crippen LogP contribution in [0.15, 0.2) is 42.7 Å². The second kappa shape index (κ2) is 7.40. The highest BCUT2D eigenvalue weighted by atomic mass is 19.1. The maximum Gasteiger partial charge on any atom is 0.219 e. The molecule has 0 bridgehead atoms. The fraction of sp³-hybridized carbons (Fsp3) is 0.250. The van der Waals surface area contributed by atoms with Crippen LogP contribution >= 0.6 is 0 Å². The summed E-state index contributed by atoms with van der Waals surface area (Å²) in [6.07, 6.45) is 3.25. The minimum atomic E-state index is -0.310. The number of amides is 1. The quantitative estimate of drug-likeness (QED) is 0.891. The van der Waals surface area contributed by atoms with E-state index in [0.717, 1.165) is 5.69 Å². The number of carbonyl (C=O) groups is 1. The van der Waals surface area contributed by atoms with E-state index >= 15 is 0 Å². The summed E-state index contributed by atoms with van der Waals surface area (Å²) in [5.74, 6) is 0.803. The third-order valence-electron chi connectivity index (χ3n) is 3.08. The third kappa shape index (κ3) is 4.73. The Morgan fingerprint density at radius 3 is 2.68 bits per heavy atom. The van der Waals surface area contributed by atoms with Gasteiger partial charge in [-0.3, -0.25) is 9.78 Å². The van der Waals surface area contributed by atoms with Crippen molar-refractivity contribution in [3.8, 4) is 11.5 Å². The molecule has 22 heavy (non-hydrogen) atoms. The van der Waals surface area contributed by atoms with Crippen LogP contribution in [0.2, 0.25) is 0 Å². The highest BCUT2D eigenvalue weighted by Crippen LogP contribution is 2.23. The van der Waals surface area contributed by atoms with Gasteiger partial charge in [-0.15, -0.1) is 0 Å². The number of hydrogen-bond donors (Lipinski definition) is 1. The number of likely N-dealkylation sites (N-methyl/N-ethyl adjacent to an activating group) is 1. The molecule has 0 saturated heterocycles. The number of nitrogens with zero attached hydrogens (tertiary/aromatic N) is 2. The van der Waals surface area contributed by atoms with Crippen molar-refractivity contribution in [3.05, 3.63) is 48.5 Å². The molecule has 0 aliphatic rings. The van der Waals surface area contributed by atoms with Gasteiger partial charge in [0.1, 0.15) is 17.3 Å². The second-order valence-electron chi connectivity index (χ2n) is 4.83. The first kappa shape index (κ1) is 15.8. The lowest BCUT2D eigenvalue weighted by molar-refractivity contribution is -0.127. The van der Waals surface area contributed by atoms with Crippen LogP contribution in [0, 0.1) is 5.82 Å². The van der Waals surface area contributed by atoms with Gasteiger partial charge in [0, 0.05) is 33.1 Å². The molecule has 1 heterocycles. The third-order valence-corrected chi connectivity index (χ3v) is 3.08. The summed E-state index contributed by atoms with van der Waals surface area (Å²) in [7, 11) is 1.75. The Kier molecular flexibility index (Phi) is 5.30. The molecule has 116 valence electrons. The number of anilines is 1. The standard InChI is InChI=1S/C16H18FN3O2/c1-12(21)20(2)8-7-19-14-9-16(11-18-10-14)22-15-5-3-13(17)4-6-15/h3-6,9-11,19H,7-8H2,1-2H3. The Bertz CT molecular complexity index is 632. The van der Waals surface area contributed by atoms with Gasteiger partial charge in [-0.1, -0.05) is 0 Å². The zero-order valence-electron chi connectivity index (χ0n) is 12.5. The normalized spacial score (nSPS) is 10.1. The number of hydrogen-bond acceptors (Lipinski definition) is 4. The van der Waals surface area contributed by atoms with Crippen LogP contribution in [0.1, 0.15) is 6.92 Å². The summed E-state index contributed by atoms with van der Waals surface area (Å²) in [6, 6.07) is 7.57. The number of ether oxygens (including phenoxy) is 1. The lowest BCUT2D eigenvalue weighted by atomic mass is 10.3. The molecule has 0 aliphatic carbocycles. The molecule has 1 aromatic carbocycles. The van der Waals surface area contributed by atoms with Crippen LogP contribution in [0.25, 0.3) is 0 Å². The van der Waals surface area contributed by atoms with Crippen molar-refractivity contribution in [1.82, 2.24) is 9.88 Å². The molecule has 6 heteroatoms. The Labute approximate surface area is 128 Å². The summed E-state index contributed by atoms with van der Waals surface area (Å²) in [4.78, 5) is 16.8. The van der Waals surface area contributed by atoms with E-state index in [2.05, 4.69) is 10.3 Å². The fourth-order valence-corrected chi connectivity index (χ4v) is 1.74. The first-order chi connectivity index (χ1) is 10.5. The van der Waals surface area contributed by atoms with Gasteiger partial charge in [0.25, 0.3) is 0 Å². The molecule has 0 atom stereocenters. The first-order valence-corrected chi connectivity index (χ1v) is 6.88. The lowest BCUT2D eigenvalue weighted by Crippen LogP contribution is -2.29. The molecule has 1 aromatic heterocycles. The van der Waals surface area contributed by atoms with E-state index in [1.807, 2.05) is 0 Å². The molecule has 0 radical (unpaired) electrons. The molecule has 0 aliphatic heterocycles. The smallest absolute Gasteiger partial charge is 0.219 e. The predicted octanol–water partition coefficient (Wildman–Crippen LogP) is 2.90. The van der Waals surface area contributed by atoms with Gasteiger partial charge in [-0.25, -0.2) is 4.39 Å². The Morgan fingerprint density at radius 1 is 1.27 bits per heavy atom. The molecule has 0 spiro atoms. The summed E-state index contributed by atoms with van der Waals surface area (Å²) in [5, 5.41) is 3.17. The summed E-state index contributed by atoms with van der Waals surface area (Å²) >= 11 is 0. The van der Waals surface area contributed by atoms with Gasteiger partial charge in [-0.2, -0.15) is 0 Å². The average Bonchev–Trinajstić information content (AvgIpc) is 2.50. The van der Waals surface area contributed by atoms with E-state index in [-0.39, 0.29) is 11.7 Å². The lowest BCUT2D eigenvalue weighted by Gasteiger charge is -2.15. The highest BCUT2D eigenvalue weighted by molar-refractivity contribution is 5.72. The van der Waals surface area contributed by atoms with Crippen molar-refractivity contribution < 1.29 is 13.9 Å². The maximum absolute atomic E-state index is 12.8. The molecular weight excluding hydrogens is 285 g/mol. The zero-order valence-corrected chi connectivity index (χ0v) is 12.5. The summed E-state index contributed by atoms with van der Waals surface area (Å²) < 4.78 is 18.5. The van der Waals surface area contributed by atoms with Crippen LogP contribution in [-0.2, 0) is 4.79 Å². The minimum absolute atomic E-state index is 0.0216. The van der Waals surface area contributed by atoms with Crippen LogP contribution in [0.3, 0.4) is 0 Å². The molecule has 0 saturated carbocycles. The second-order valence-corrected chi connectivity index (χ2v) is 4.83. The fourth-order valence-electron chi connectivity index (χ4n) is 1.74. The first-order valence-electron chi connectivity index (χ1n) is 6.88. The predicted molar refractivity (Wildman–Crippen MR) is 82.5 cm³/mol. The van der Waals surface area contributed by atoms with E-state index in [4.69, 9.17) is 4.74 Å². The van der Waals surface area contributed by atoms with Crippen molar-refractivity contribution in [1.29, 1.82) is 0 Å². The van der Waals surface area contributed by atoms with Gasteiger partial charge < -0.3 is 15.0 Å². The summed E-state index contributed by atoms with van der Waals surface area (Å²) in [6.45, 7) is 2.73. The maximum atomic E-state index is 12.8. The van der Waals surface area contributed by atoms with Crippen LogP contribution in [-0.4, -0.2) is 35.9 Å². The Hall–Kier alpha value is -2.63. The van der Waals surface area contributed by atoms with E-state index in [9.17, 15) is 9.18 Å². The number of halogens is 1. The van der Waals surface area contributed by atoms with Crippen LogP contribution in [0.5, 0.6) is 11.5 Å². The number of aromatic nitrogens is 1. The monoisotopic (exact) mass is 303 g/mol. The molecule has 0 unspecified atom stereocenters. The number of benzene rings is 1. The van der Waals surface area contributed by atoms with Crippen molar-refractivity contribution in [3.63, 3.8) is 0 Å². The summed E-state index contributed by atoms with van der Waals surface area (Å²) in [5.41, 5.74) is 0.788. The minimum Gasteiger partial charge on any atom is -0.456 e. The van der Waals surface area contributed by atoms with Crippen molar-refractivity contribution >= 4 is 11.6 Å². The van der Waals surface area contributed by atoms with Gasteiger partial charge >= 0.3 is 0 Å². The van der Waals surface area contributed by atoms with Crippen molar-refractivity contribution in [2.75, 3.05) is 25.5 Å². The number of rotatable bonds is 6. The molecule has 2 rings (SSSR count). The van der Waals surface area contributed by atoms with Crippen LogP contribution < -0.4 is 10.1 Å². The van der Waals surface area contributed by atoms with E-state index in [1.165, 1.54) is 19.1 Å². The van der Waals surface area contributed by atoms with E-state index < -0.39 is 0 Å². The number of nitrogens with one attached hydrogen (secondary N) is 1.